The molecular formula is C22H24N2O4S. The second-order valence-electron chi connectivity index (χ2n) is 6.41. The van der Waals surface area contributed by atoms with Crippen LogP contribution in [0.3, 0.4) is 0 Å². The van der Waals surface area contributed by atoms with Crippen molar-refractivity contribution in [3.63, 3.8) is 0 Å². The molecule has 1 fully saturated rings. The van der Waals surface area contributed by atoms with Crippen molar-refractivity contribution in [1.29, 1.82) is 0 Å². The fourth-order valence-electron chi connectivity index (χ4n) is 2.83. The normalized spacial score (nSPS) is 15.2. The van der Waals surface area contributed by atoms with Crippen molar-refractivity contribution >= 4 is 34.3 Å². The highest BCUT2D eigenvalue weighted by Gasteiger charge is 2.24. The fraction of sp³-hybridized carbons (Fsp3) is 0.318. The number of hydrogen-bond acceptors (Lipinski definition) is 6. The minimum atomic E-state index is -0.150. The molecule has 0 radical (unpaired) electrons. The van der Waals surface area contributed by atoms with Gasteiger partial charge in [-0.1, -0.05) is 23.9 Å². The van der Waals surface area contributed by atoms with Gasteiger partial charge in [0.2, 0.25) is 0 Å². The number of amidine groups is 1. The van der Waals surface area contributed by atoms with Crippen LogP contribution in [0.25, 0.3) is 0 Å². The summed E-state index contributed by atoms with van der Waals surface area (Å²) in [5, 5.41) is 0.651. The summed E-state index contributed by atoms with van der Waals surface area (Å²) in [4.78, 5) is 30.5. The average molecular weight is 413 g/mol. The molecule has 1 aliphatic heterocycles. The maximum atomic E-state index is 12.8. The van der Waals surface area contributed by atoms with Crippen LogP contribution in [0.1, 0.15) is 30.6 Å². The lowest BCUT2D eigenvalue weighted by Crippen LogP contribution is -2.41. The molecule has 0 atom stereocenters. The molecule has 0 N–H and O–H groups in total. The topological polar surface area (TPSA) is 68.2 Å². The van der Waals surface area contributed by atoms with Gasteiger partial charge in [0.25, 0.3) is 5.91 Å². The van der Waals surface area contributed by atoms with Gasteiger partial charge in [0.1, 0.15) is 0 Å². The molecule has 1 amide bonds. The lowest BCUT2D eigenvalue weighted by molar-refractivity contribution is -0.129. The second kappa shape index (κ2) is 10.1. The maximum absolute atomic E-state index is 12.8. The molecule has 0 aromatic heterocycles. The molecule has 6 nitrogen and oxygen atoms in total. The number of carbonyl (C=O) groups is 2. The zero-order valence-corrected chi connectivity index (χ0v) is 17.4. The van der Waals surface area contributed by atoms with E-state index in [1.54, 1.807) is 47.0 Å². The van der Waals surface area contributed by atoms with Gasteiger partial charge in [0.15, 0.2) is 29.1 Å². The molecular weight excluding hydrogens is 388 g/mol. The van der Waals surface area contributed by atoms with E-state index < -0.39 is 0 Å². The number of hydrogen-bond donors (Lipinski definition) is 0. The largest absolute Gasteiger partial charge is 0.490 e. The smallest absolute Gasteiger partial charge is 0.266 e. The Morgan fingerprint density at radius 2 is 1.76 bits per heavy atom. The lowest BCUT2D eigenvalue weighted by atomic mass is 10.1. The molecule has 1 saturated heterocycles. The van der Waals surface area contributed by atoms with Gasteiger partial charge in [-0.25, -0.2) is 4.99 Å². The highest BCUT2D eigenvalue weighted by Crippen LogP contribution is 2.27. The number of thioether (sulfide) groups is 1. The molecule has 0 aliphatic carbocycles. The van der Waals surface area contributed by atoms with Gasteiger partial charge in [0.05, 0.1) is 12.3 Å². The van der Waals surface area contributed by atoms with E-state index in [1.807, 2.05) is 25.1 Å². The molecule has 0 bridgehead atoms. The zero-order valence-electron chi connectivity index (χ0n) is 16.6. The number of Topliss-reactive ketones (excluding diaryl/α,β-unsaturated/α-hetero) is 1. The monoisotopic (exact) mass is 412 g/mol. The van der Waals surface area contributed by atoms with Crippen LogP contribution in [0.5, 0.6) is 11.5 Å². The highest BCUT2D eigenvalue weighted by molar-refractivity contribution is 8.13. The Morgan fingerprint density at radius 3 is 2.41 bits per heavy atom. The van der Waals surface area contributed by atoms with Crippen LogP contribution in [0, 0.1) is 0 Å². The number of amides is 1. The Kier molecular flexibility index (Phi) is 7.30. The van der Waals surface area contributed by atoms with Crippen molar-refractivity contribution in [2.24, 2.45) is 4.99 Å². The quantitative estimate of drug-likeness (QED) is 0.634. The minimum Gasteiger partial charge on any atom is -0.490 e. The number of carbonyl (C=O) groups excluding carboxylic acids is 2. The lowest BCUT2D eigenvalue weighted by Gasteiger charge is -2.27. The van der Waals surface area contributed by atoms with Gasteiger partial charge in [0, 0.05) is 17.9 Å². The molecule has 152 valence electrons. The summed E-state index contributed by atoms with van der Waals surface area (Å²) in [6, 6.07) is 14.4. The van der Waals surface area contributed by atoms with Crippen molar-refractivity contribution in [2.45, 2.75) is 20.3 Å². The Hall–Kier alpha value is -2.80. The first-order valence-electron chi connectivity index (χ1n) is 9.56. The van der Waals surface area contributed by atoms with E-state index in [4.69, 9.17) is 9.47 Å². The standard InChI is InChI=1S/C22H24N2O4S/c1-3-27-19-7-4-5-8-20(19)28-15-21(26)24-13-6-14-29-22(24)23-18-11-9-17(10-12-18)16(2)25/h4-5,7-12H,3,6,13-15H2,1-2H3. The average Bonchev–Trinajstić information content (AvgIpc) is 2.74. The van der Waals surface area contributed by atoms with Crippen LogP contribution < -0.4 is 9.47 Å². The Balaban J connectivity index is 1.70. The molecule has 0 unspecified atom stereocenters. The number of rotatable bonds is 7. The van der Waals surface area contributed by atoms with Gasteiger partial charge >= 0.3 is 0 Å². The third-order valence-corrected chi connectivity index (χ3v) is 5.35. The zero-order chi connectivity index (χ0) is 20.6. The van der Waals surface area contributed by atoms with Crippen molar-refractivity contribution in [2.75, 3.05) is 25.5 Å². The van der Waals surface area contributed by atoms with Crippen molar-refractivity contribution in [1.82, 2.24) is 4.90 Å². The van der Waals surface area contributed by atoms with Crippen molar-refractivity contribution in [3.8, 4) is 11.5 Å². The first-order chi connectivity index (χ1) is 14.1. The molecule has 0 saturated carbocycles. The van der Waals surface area contributed by atoms with Gasteiger partial charge in [-0.15, -0.1) is 0 Å². The predicted octanol–water partition coefficient (Wildman–Crippen LogP) is 4.32. The van der Waals surface area contributed by atoms with E-state index in [1.165, 1.54) is 6.92 Å². The van der Waals surface area contributed by atoms with Gasteiger partial charge in [-0.2, -0.15) is 0 Å². The van der Waals surface area contributed by atoms with Gasteiger partial charge in [-0.05, 0) is 56.7 Å². The van der Waals surface area contributed by atoms with E-state index in [2.05, 4.69) is 4.99 Å². The molecule has 2 aromatic carbocycles. The summed E-state index contributed by atoms with van der Waals surface area (Å²) < 4.78 is 11.3. The Morgan fingerprint density at radius 1 is 1.07 bits per heavy atom. The summed E-state index contributed by atoms with van der Waals surface area (Å²) in [6.45, 7) is 4.47. The number of para-hydroxylation sites is 2. The van der Waals surface area contributed by atoms with Crippen LogP contribution in [-0.4, -0.2) is 47.3 Å². The summed E-state index contributed by atoms with van der Waals surface area (Å²) in [7, 11) is 0. The number of ether oxygens (including phenoxy) is 2. The molecule has 7 heteroatoms. The SMILES string of the molecule is CCOc1ccccc1OCC(=O)N1CCCSC1=Nc1ccc(C(C)=O)cc1. The van der Waals surface area contributed by atoms with Gasteiger partial charge in [-0.3, -0.25) is 14.5 Å². The Bertz CT molecular complexity index is 896. The van der Waals surface area contributed by atoms with Crippen LogP contribution in [0.2, 0.25) is 0 Å². The maximum Gasteiger partial charge on any atom is 0.266 e. The van der Waals surface area contributed by atoms with E-state index in [-0.39, 0.29) is 18.3 Å². The highest BCUT2D eigenvalue weighted by atomic mass is 32.2. The van der Waals surface area contributed by atoms with Crippen molar-refractivity contribution in [3.05, 3.63) is 54.1 Å². The molecule has 29 heavy (non-hydrogen) atoms. The summed E-state index contributed by atoms with van der Waals surface area (Å²) in [5.74, 6) is 1.93. The van der Waals surface area contributed by atoms with E-state index in [0.717, 1.165) is 12.2 Å². The third-order valence-electron chi connectivity index (χ3n) is 4.29. The third kappa shape index (κ3) is 5.60. The van der Waals surface area contributed by atoms with E-state index in [9.17, 15) is 9.59 Å². The van der Waals surface area contributed by atoms with Gasteiger partial charge < -0.3 is 9.47 Å². The molecule has 3 rings (SSSR count). The number of ketones is 1. The van der Waals surface area contributed by atoms with Crippen LogP contribution >= 0.6 is 11.8 Å². The fourth-order valence-corrected chi connectivity index (χ4v) is 3.80. The summed E-state index contributed by atoms with van der Waals surface area (Å²) in [5.41, 5.74) is 1.35. The first-order valence-corrected chi connectivity index (χ1v) is 10.5. The number of benzene rings is 2. The van der Waals surface area contributed by atoms with E-state index >= 15 is 0 Å². The predicted molar refractivity (Wildman–Crippen MR) is 115 cm³/mol. The Labute approximate surface area is 174 Å². The van der Waals surface area contributed by atoms with Crippen molar-refractivity contribution < 1.29 is 19.1 Å². The van der Waals surface area contributed by atoms with Crippen LogP contribution in [-0.2, 0) is 4.79 Å². The number of nitrogens with zero attached hydrogens (tertiary/aromatic N) is 2. The summed E-state index contributed by atoms with van der Waals surface area (Å²) in [6.07, 6.45) is 0.897. The second-order valence-corrected chi connectivity index (χ2v) is 7.48. The minimum absolute atomic E-state index is 0.0116. The first kappa shape index (κ1) is 20.9. The van der Waals surface area contributed by atoms with Crippen LogP contribution in [0.15, 0.2) is 53.5 Å². The van der Waals surface area contributed by atoms with E-state index in [0.29, 0.717) is 41.1 Å². The molecule has 1 heterocycles. The molecule has 2 aromatic rings. The molecule has 1 aliphatic rings. The molecule has 0 spiro atoms. The number of aliphatic imine (C=N–C) groups is 1. The van der Waals surface area contributed by atoms with Crippen LogP contribution in [0.4, 0.5) is 5.69 Å². The summed E-state index contributed by atoms with van der Waals surface area (Å²) >= 11 is 1.55.